The molecule has 2 fully saturated rings. The van der Waals surface area contributed by atoms with Crippen molar-refractivity contribution in [2.24, 2.45) is 11.3 Å². The van der Waals surface area contributed by atoms with Crippen LogP contribution in [0, 0.1) is 17.2 Å². The minimum atomic E-state index is -0.356. The van der Waals surface area contributed by atoms with E-state index in [1.54, 1.807) is 12.1 Å². The first-order chi connectivity index (χ1) is 9.11. The highest BCUT2D eigenvalue weighted by atomic mass is 79.9. The molecule has 0 radical (unpaired) electrons. The molecule has 1 saturated carbocycles. The van der Waals surface area contributed by atoms with Gasteiger partial charge in [0.25, 0.3) is 0 Å². The Morgan fingerprint density at radius 1 is 1.42 bits per heavy atom. The van der Waals surface area contributed by atoms with Crippen molar-refractivity contribution in [2.75, 3.05) is 18.4 Å². The van der Waals surface area contributed by atoms with Gasteiger partial charge in [-0.1, -0.05) is 0 Å². The lowest BCUT2D eigenvalue weighted by atomic mass is 9.92. The van der Waals surface area contributed by atoms with Crippen molar-refractivity contribution in [1.29, 1.82) is 0 Å². The fourth-order valence-electron chi connectivity index (χ4n) is 3.00. The van der Waals surface area contributed by atoms with Crippen molar-refractivity contribution in [1.82, 2.24) is 5.32 Å². The molecule has 5 heteroatoms. The Labute approximate surface area is 120 Å². The highest BCUT2D eigenvalue weighted by Crippen LogP contribution is 2.58. The van der Waals surface area contributed by atoms with Crippen LogP contribution in [0.2, 0.25) is 0 Å². The number of hydrogen-bond donors (Lipinski definition) is 2. The van der Waals surface area contributed by atoms with Gasteiger partial charge in [-0.3, -0.25) is 4.79 Å². The molecule has 19 heavy (non-hydrogen) atoms. The molecule has 0 bridgehead atoms. The second-order valence-electron chi connectivity index (χ2n) is 5.49. The van der Waals surface area contributed by atoms with Gasteiger partial charge < -0.3 is 10.6 Å². The van der Waals surface area contributed by atoms with Gasteiger partial charge in [-0.2, -0.15) is 0 Å². The quantitative estimate of drug-likeness (QED) is 0.877. The molecule has 1 amide bonds. The largest absolute Gasteiger partial charge is 0.326 e. The number of nitrogens with one attached hydrogen (secondary N) is 2. The number of carbonyl (C=O) groups excluding carboxylic acids is 1. The Bertz CT molecular complexity index is 514. The van der Waals surface area contributed by atoms with E-state index in [-0.39, 0.29) is 23.1 Å². The Balaban J connectivity index is 1.64. The van der Waals surface area contributed by atoms with Crippen molar-refractivity contribution in [2.45, 2.75) is 19.3 Å². The SMILES string of the molecule is O=C(Nc1ccc(Br)c(F)c1)C1CC12CCNCC2. The van der Waals surface area contributed by atoms with Crippen molar-refractivity contribution in [3.05, 3.63) is 28.5 Å². The maximum absolute atomic E-state index is 13.4. The van der Waals surface area contributed by atoms with E-state index in [2.05, 4.69) is 26.6 Å². The monoisotopic (exact) mass is 326 g/mol. The lowest BCUT2D eigenvalue weighted by molar-refractivity contribution is -0.118. The minimum Gasteiger partial charge on any atom is -0.326 e. The van der Waals surface area contributed by atoms with E-state index in [4.69, 9.17) is 0 Å². The van der Waals surface area contributed by atoms with Crippen LogP contribution in [0.3, 0.4) is 0 Å². The summed E-state index contributed by atoms with van der Waals surface area (Å²) in [5, 5.41) is 6.14. The molecule has 1 aromatic carbocycles. The molecule has 1 aromatic rings. The normalized spacial score (nSPS) is 24.2. The summed E-state index contributed by atoms with van der Waals surface area (Å²) in [6.07, 6.45) is 3.11. The van der Waals surface area contributed by atoms with Gasteiger partial charge in [0.2, 0.25) is 5.91 Å². The Hall–Kier alpha value is -0.940. The smallest absolute Gasteiger partial charge is 0.228 e. The summed E-state index contributed by atoms with van der Waals surface area (Å²) in [5.41, 5.74) is 0.741. The Morgan fingerprint density at radius 3 is 2.84 bits per heavy atom. The predicted octanol–water partition coefficient (Wildman–Crippen LogP) is 2.92. The standard InChI is InChI=1S/C14H16BrFN2O/c15-11-2-1-9(7-12(11)16)18-13(19)10-8-14(10)3-5-17-6-4-14/h1-2,7,10,17H,3-6,8H2,(H,18,19). The van der Waals surface area contributed by atoms with Crippen molar-refractivity contribution >= 4 is 27.5 Å². The molecule has 102 valence electrons. The van der Waals surface area contributed by atoms with Gasteiger partial charge in [0, 0.05) is 11.6 Å². The first kappa shape index (κ1) is 13.1. The van der Waals surface area contributed by atoms with E-state index in [9.17, 15) is 9.18 Å². The number of rotatable bonds is 2. The van der Waals surface area contributed by atoms with Gasteiger partial charge in [0.1, 0.15) is 5.82 Å². The molecule has 1 atom stereocenters. The van der Waals surface area contributed by atoms with Crippen LogP contribution < -0.4 is 10.6 Å². The highest BCUT2D eigenvalue weighted by molar-refractivity contribution is 9.10. The van der Waals surface area contributed by atoms with Gasteiger partial charge in [0.15, 0.2) is 0 Å². The molecule has 1 aliphatic heterocycles. The molecule has 3 rings (SSSR count). The summed E-state index contributed by atoms with van der Waals surface area (Å²) in [6, 6.07) is 4.67. The molecule has 0 aromatic heterocycles. The summed E-state index contributed by atoms with van der Waals surface area (Å²) in [7, 11) is 0. The van der Waals surface area contributed by atoms with Crippen LogP contribution in [-0.4, -0.2) is 19.0 Å². The number of amides is 1. The molecule has 1 spiro atoms. The minimum absolute atomic E-state index is 0.0311. The van der Waals surface area contributed by atoms with Crippen LogP contribution in [0.4, 0.5) is 10.1 Å². The average molecular weight is 327 g/mol. The molecular formula is C14H16BrFN2O. The second-order valence-corrected chi connectivity index (χ2v) is 6.34. The number of halogens is 2. The molecule has 1 unspecified atom stereocenters. The van der Waals surface area contributed by atoms with E-state index in [1.165, 1.54) is 6.07 Å². The van der Waals surface area contributed by atoms with Gasteiger partial charge in [-0.05, 0) is 71.9 Å². The number of benzene rings is 1. The first-order valence-corrected chi connectivity index (χ1v) is 7.37. The molecule has 2 aliphatic rings. The number of hydrogen-bond acceptors (Lipinski definition) is 2. The Kier molecular flexibility index (Phi) is 3.35. The third-order valence-corrected chi connectivity index (χ3v) is 4.94. The topological polar surface area (TPSA) is 41.1 Å². The van der Waals surface area contributed by atoms with Crippen LogP contribution in [0.5, 0.6) is 0 Å². The molecular weight excluding hydrogens is 311 g/mol. The zero-order valence-electron chi connectivity index (χ0n) is 10.5. The van der Waals surface area contributed by atoms with Crippen LogP contribution in [0.1, 0.15) is 19.3 Å². The van der Waals surface area contributed by atoms with Crippen LogP contribution >= 0.6 is 15.9 Å². The summed E-state index contributed by atoms with van der Waals surface area (Å²) in [4.78, 5) is 12.2. The summed E-state index contributed by atoms with van der Waals surface area (Å²) in [5.74, 6) is -0.227. The van der Waals surface area contributed by atoms with Gasteiger partial charge >= 0.3 is 0 Å². The Morgan fingerprint density at radius 2 is 2.16 bits per heavy atom. The van der Waals surface area contributed by atoms with E-state index in [0.717, 1.165) is 32.4 Å². The van der Waals surface area contributed by atoms with Crippen molar-refractivity contribution < 1.29 is 9.18 Å². The fraction of sp³-hybridized carbons (Fsp3) is 0.500. The number of anilines is 1. The molecule has 3 nitrogen and oxygen atoms in total. The number of carbonyl (C=O) groups is 1. The van der Waals surface area contributed by atoms with Crippen LogP contribution in [-0.2, 0) is 4.79 Å². The van der Waals surface area contributed by atoms with Crippen molar-refractivity contribution in [3.63, 3.8) is 0 Å². The van der Waals surface area contributed by atoms with E-state index in [1.807, 2.05) is 0 Å². The molecule has 1 saturated heterocycles. The molecule has 1 aliphatic carbocycles. The summed E-state index contributed by atoms with van der Waals surface area (Å²) < 4.78 is 13.8. The number of piperidine rings is 1. The van der Waals surface area contributed by atoms with Gasteiger partial charge in [-0.15, -0.1) is 0 Å². The summed E-state index contributed by atoms with van der Waals surface area (Å²) >= 11 is 3.10. The second kappa shape index (κ2) is 4.87. The third-order valence-electron chi connectivity index (χ3n) is 4.29. The van der Waals surface area contributed by atoms with Gasteiger partial charge in [-0.25, -0.2) is 4.39 Å². The maximum atomic E-state index is 13.4. The van der Waals surface area contributed by atoms with Crippen LogP contribution in [0.15, 0.2) is 22.7 Å². The van der Waals surface area contributed by atoms with E-state index in [0.29, 0.717) is 10.2 Å². The zero-order valence-corrected chi connectivity index (χ0v) is 12.1. The van der Waals surface area contributed by atoms with Gasteiger partial charge in [0.05, 0.1) is 4.47 Å². The van der Waals surface area contributed by atoms with E-state index >= 15 is 0 Å². The maximum Gasteiger partial charge on any atom is 0.228 e. The zero-order chi connectivity index (χ0) is 13.5. The lowest BCUT2D eigenvalue weighted by Gasteiger charge is -2.23. The van der Waals surface area contributed by atoms with Crippen molar-refractivity contribution in [3.8, 4) is 0 Å². The lowest BCUT2D eigenvalue weighted by Crippen LogP contribution is -2.31. The first-order valence-electron chi connectivity index (χ1n) is 6.57. The molecule has 1 heterocycles. The highest BCUT2D eigenvalue weighted by Gasteiger charge is 2.57. The predicted molar refractivity (Wildman–Crippen MR) is 75.4 cm³/mol. The third kappa shape index (κ3) is 2.54. The molecule has 2 N–H and O–H groups in total. The summed E-state index contributed by atoms with van der Waals surface area (Å²) in [6.45, 7) is 1.99. The van der Waals surface area contributed by atoms with Crippen LogP contribution in [0.25, 0.3) is 0 Å². The van der Waals surface area contributed by atoms with E-state index < -0.39 is 0 Å². The fourth-order valence-corrected chi connectivity index (χ4v) is 3.25. The average Bonchev–Trinajstić information content (AvgIpc) is 3.08.